The number of alkyl halides is 2. The van der Waals surface area contributed by atoms with Crippen LogP contribution in [0.3, 0.4) is 0 Å². The maximum atomic E-state index is 13.4. The fraction of sp³-hybridized carbons (Fsp3) is 0.417. The number of halogens is 2. The number of hydrogen-bond donors (Lipinski definition) is 2. The molecule has 4 nitrogen and oxygen atoms in total. The number of methoxy groups -OCH3 is 1. The maximum Gasteiger partial charge on any atom is 0.320 e. The number of hydrogen-bond acceptors (Lipinski definition) is 3. The van der Waals surface area contributed by atoms with Crippen LogP contribution >= 0.6 is 0 Å². The topological polar surface area (TPSA) is 72.5 Å². The normalized spacial score (nSPS) is 13.2. The predicted molar refractivity (Wildman–Crippen MR) is 61.9 cm³/mol. The lowest BCUT2D eigenvalue weighted by molar-refractivity contribution is -0.138. The van der Waals surface area contributed by atoms with Crippen molar-refractivity contribution in [2.45, 2.75) is 25.3 Å². The summed E-state index contributed by atoms with van der Waals surface area (Å²) in [6, 6.07) is 3.05. The average molecular weight is 259 g/mol. The third-order valence-corrected chi connectivity index (χ3v) is 2.53. The van der Waals surface area contributed by atoms with Crippen LogP contribution in [0.1, 0.15) is 18.1 Å². The highest BCUT2D eigenvalue weighted by Crippen LogP contribution is 2.36. The van der Waals surface area contributed by atoms with Crippen LogP contribution < -0.4 is 10.5 Å². The molecular weight excluding hydrogens is 244 g/mol. The highest BCUT2D eigenvalue weighted by atomic mass is 19.3. The van der Waals surface area contributed by atoms with E-state index in [0.717, 1.165) is 6.92 Å². The molecule has 0 aliphatic heterocycles. The smallest absolute Gasteiger partial charge is 0.320 e. The average Bonchev–Trinajstić information content (AvgIpc) is 2.27. The van der Waals surface area contributed by atoms with Crippen molar-refractivity contribution in [1.29, 1.82) is 0 Å². The Morgan fingerprint density at radius 2 is 2.17 bits per heavy atom. The summed E-state index contributed by atoms with van der Waals surface area (Å²) in [6.07, 6.45) is -0.0670. The number of para-hydroxylation sites is 1. The van der Waals surface area contributed by atoms with Crippen LogP contribution in [0.15, 0.2) is 18.2 Å². The summed E-state index contributed by atoms with van der Waals surface area (Å²) in [5, 5.41) is 8.72. The first kappa shape index (κ1) is 14.4. The molecule has 0 aliphatic rings. The third-order valence-electron chi connectivity index (χ3n) is 2.53. The van der Waals surface area contributed by atoms with Crippen molar-refractivity contribution < 1.29 is 23.4 Å². The van der Waals surface area contributed by atoms with E-state index in [1.54, 1.807) is 0 Å². The molecule has 1 aromatic rings. The van der Waals surface area contributed by atoms with E-state index in [-0.39, 0.29) is 17.7 Å². The zero-order valence-corrected chi connectivity index (χ0v) is 10.1. The minimum atomic E-state index is -3.06. The number of rotatable bonds is 5. The second-order valence-corrected chi connectivity index (χ2v) is 4.04. The Morgan fingerprint density at radius 3 is 2.61 bits per heavy atom. The van der Waals surface area contributed by atoms with Crippen molar-refractivity contribution in [3.63, 3.8) is 0 Å². The Kier molecular flexibility index (Phi) is 4.24. The van der Waals surface area contributed by atoms with E-state index in [1.807, 2.05) is 0 Å². The van der Waals surface area contributed by atoms with Gasteiger partial charge in [0.25, 0.3) is 5.92 Å². The zero-order valence-electron chi connectivity index (χ0n) is 10.1. The van der Waals surface area contributed by atoms with E-state index in [0.29, 0.717) is 5.56 Å². The van der Waals surface area contributed by atoms with Crippen molar-refractivity contribution in [3.8, 4) is 5.75 Å². The number of nitrogens with two attached hydrogens (primary N) is 1. The molecule has 1 aromatic carbocycles. The fourth-order valence-corrected chi connectivity index (χ4v) is 1.66. The molecule has 100 valence electrons. The van der Waals surface area contributed by atoms with Gasteiger partial charge >= 0.3 is 5.97 Å². The van der Waals surface area contributed by atoms with Gasteiger partial charge in [0.15, 0.2) is 0 Å². The van der Waals surface area contributed by atoms with Crippen molar-refractivity contribution in [2.24, 2.45) is 5.73 Å². The predicted octanol–water partition coefficient (Wildman–Crippen LogP) is 1.76. The summed E-state index contributed by atoms with van der Waals surface area (Å²) in [4.78, 5) is 10.7. The fourth-order valence-electron chi connectivity index (χ4n) is 1.66. The number of carboxylic acids is 1. The molecule has 3 N–H and O–H groups in total. The molecule has 0 aromatic heterocycles. The van der Waals surface area contributed by atoms with Gasteiger partial charge in [0, 0.05) is 13.3 Å². The van der Waals surface area contributed by atoms with Gasteiger partial charge in [0.2, 0.25) is 0 Å². The minimum Gasteiger partial charge on any atom is -0.496 e. The molecule has 18 heavy (non-hydrogen) atoms. The van der Waals surface area contributed by atoms with Gasteiger partial charge in [0.05, 0.1) is 12.7 Å². The van der Waals surface area contributed by atoms with Gasteiger partial charge in [-0.2, -0.15) is 0 Å². The molecule has 0 fully saturated rings. The Balaban J connectivity index is 3.17. The molecule has 1 rings (SSSR count). The Morgan fingerprint density at radius 1 is 1.56 bits per heavy atom. The standard InChI is InChI=1S/C12H15F2NO3/c1-12(13,14)8-5-3-4-7(10(8)18-2)6-9(15)11(16)17/h3-5,9H,6,15H2,1-2H3,(H,16,17). The van der Waals surface area contributed by atoms with Gasteiger partial charge in [-0.25, -0.2) is 8.78 Å². The molecule has 0 amide bonds. The summed E-state index contributed by atoms with van der Waals surface area (Å²) in [5.41, 5.74) is 5.46. The van der Waals surface area contributed by atoms with E-state index < -0.39 is 17.9 Å². The monoisotopic (exact) mass is 259 g/mol. The van der Waals surface area contributed by atoms with Crippen LogP contribution in [0.5, 0.6) is 5.75 Å². The second-order valence-electron chi connectivity index (χ2n) is 4.04. The van der Waals surface area contributed by atoms with Crippen LogP contribution in [0.2, 0.25) is 0 Å². The SMILES string of the molecule is COc1c(CC(N)C(=O)O)cccc1C(C)(F)F. The van der Waals surface area contributed by atoms with Crippen molar-refractivity contribution >= 4 is 5.97 Å². The van der Waals surface area contributed by atoms with Gasteiger partial charge in [-0.3, -0.25) is 4.79 Å². The lowest BCUT2D eigenvalue weighted by atomic mass is 9.99. The number of carboxylic acid groups (broad SMARTS) is 1. The Hall–Kier alpha value is -1.69. The zero-order chi connectivity index (χ0) is 13.9. The quantitative estimate of drug-likeness (QED) is 0.845. The first-order valence-electron chi connectivity index (χ1n) is 5.30. The van der Waals surface area contributed by atoms with E-state index >= 15 is 0 Å². The van der Waals surface area contributed by atoms with E-state index in [9.17, 15) is 13.6 Å². The summed E-state index contributed by atoms with van der Waals surface area (Å²) >= 11 is 0. The molecular formula is C12H15F2NO3. The van der Waals surface area contributed by atoms with Gasteiger partial charge in [0.1, 0.15) is 11.8 Å². The highest BCUT2D eigenvalue weighted by Gasteiger charge is 2.30. The van der Waals surface area contributed by atoms with E-state index in [2.05, 4.69) is 0 Å². The van der Waals surface area contributed by atoms with Gasteiger partial charge in [-0.05, 0) is 11.6 Å². The lowest BCUT2D eigenvalue weighted by Gasteiger charge is -2.18. The Bertz CT molecular complexity index is 443. The van der Waals surface area contributed by atoms with Gasteiger partial charge in [-0.1, -0.05) is 12.1 Å². The van der Waals surface area contributed by atoms with Crippen molar-refractivity contribution in [1.82, 2.24) is 0 Å². The largest absolute Gasteiger partial charge is 0.496 e. The van der Waals surface area contributed by atoms with E-state index in [4.69, 9.17) is 15.6 Å². The summed E-state index contributed by atoms with van der Waals surface area (Å²) < 4.78 is 31.7. The molecule has 0 spiro atoms. The Labute approximate surface area is 103 Å². The third kappa shape index (κ3) is 3.16. The van der Waals surface area contributed by atoms with Gasteiger partial charge < -0.3 is 15.6 Å². The maximum absolute atomic E-state index is 13.4. The molecule has 0 saturated carbocycles. The first-order chi connectivity index (χ1) is 8.27. The molecule has 0 saturated heterocycles. The number of benzene rings is 1. The number of carbonyl (C=O) groups is 1. The summed E-state index contributed by atoms with van der Waals surface area (Å²) in [6.45, 7) is 0.756. The summed E-state index contributed by atoms with van der Waals surface area (Å²) in [5.74, 6) is -4.26. The molecule has 0 bridgehead atoms. The first-order valence-corrected chi connectivity index (χ1v) is 5.30. The van der Waals surface area contributed by atoms with Crippen LogP contribution in [-0.4, -0.2) is 24.2 Å². The molecule has 1 unspecified atom stereocenters. The molecule has 0 heterocycles. The lowest BCUT2D eigenvalue weighted by Crippen LogP contribution is -2.32. The highest BCUT2D eigenvalue weighted by molar-refractivity contribution is 5.73. The number of ether oxygens (including phenoxy) is 1. The number of aliphatic carboxylic acids is 1. The van der Waals surface area contributed by atoms with E-state index in [1.165, 1.54) is 25.3 Å². The van der Waals surface area contributed by atoms with Gasteiger partial charge in [-0.15, -0.1) is 0 Å². The van der Waals surface area contributed by atoms with Crippen LogP contribution in [0.4, 0.5) is 8.78 Å². The minimum absolute atomic E-state index is 0.0123. The van der Waals surface area contributed by atoms with Crippen LogP contribution in [0.25, 0.3) is 0 Å². The molecule has 0 radical (unpaired) electrons. The van der Waals surface area contributed by atoms with Crippen LogP contribution in [0, 0.1) is 0 Å². The van der Waals surface area contributed by atoms with Crippen molar-refractivity contribution in [2.75, 3.05) is 7.11 Å². The summed E-state index contributed by atoms with van der Waals surface area (Å²) in [7, 11) is 1.26. The molecule has 6 heteroatoms. The van der Waals surface area contributed by atoms with Crippen LogP contribution in [-0.2, 0) is 17.1 Å². The van der Waals surface area contributed by atoms with Crippen molar-refractivity contribution in [3.05, 3.63) is 29.3 Å². The molecule has 0 aliphatic carbocycles. The molecule has 1 atom stereocenters. The second kappa shape index (κ2) is 5.30.